The maximum absolute atomic E-state index is 4.62. The molecule has 5 heteroatoms. The Labute approximate surface area is 114 Å². The fraction of sp³-hybridized carbons (Fsp3) is 0.692. The molecule has 1 N–H and O–H groups in total. The van der Waals surface area contributed by atoms with Gasteiger partial charge in [0.15, 0.2) is 5.16 Å². The molecule has 2 rings (SSSR count). The normalized spacial score (nSPS) is 15.8. The van der Waals surface area contributed by atoms with Gasteiger partial charge in [0.2, 0.25) is 0 Å². The molecule has 100 valence electrons. The van der Waals surface area contributed by atoms with Crippen LogP contribution in [-0.4, -0.2) is 35.9 Å². The lowest BCUT2D eigenvalue weighted by molar-refractivity contribution is 0.571. The lowest BCUT2D eigenvalue weighted by Gasteiger charge is -2.28. The first-order chi connectivity index (χ1) is 8.83. The molecule has 0 unspecified atom stereocenters. The van der Waals surface area contributed by atoms with Crippen LogP contribution in [0.5, 0.6) is 0 Å². The summed E-state index contributed by atoms with van der Waals surface area (Å²) in [6.45, 7) is 5.37. The molecule has 0 amide bonds. The molecule has 0 radical (unpaired) electrons. The molecule has 1 fully saturated rings. The number of hydrogen-bond donors (Lipinski definition) is 1. The summed E-state index contributed by atoms with van der Waals surface area (Å²) in [5.74, 6) is 2.03. The average Bonchev–Trinajstić information content (AvgIpc) is 2.45. The topological polar surface area (TPSA) is 41.0 Å². The predicted molar refractivity (Wildman–Crippen MR) is 78.7 cm³/mol. The average molecular weight is 266 g/mol. The van der Waals surface area contributed by atoms with E-state index in [0.717, 1.165) is 42.8 Å². The van der Waals surface area contributed by atoms with Gasteiger partial charge in [0.05, 0.1) is 0 Å². The standard InChI is InChI=1S/C13H22N4S/c1-3-7-14-11-10-12(16-13(15-11)18-2)17-8-5-4-6-9-17/h10H,3-9H2,1-2H3,(H,14,15,16). The zero-order valence-electron chi connectivity index (χ0n) is 11.3. The highest BCUT2D eigenvalue weighted by molar-refractivity contribution is 7.98. The summed E-state index contributed by atoms with van der Waals surface area (Å²) in [5, 5.41) is 4.22. The highest BCUT2D eigenvalue weighted by atomic mass is 32.2. The van der Waals surface area contributed by atoms with E-state index in [1.54, 1.807) is 11.8 Å². The van der Waals surface area contributed by atoms with Crippen LogP contribution in [0.4, 0.5) is 11.6 Å². The second-order valence-electron chi connectivity index (χ2n) is 4.57. The minimum atomic E-state index is 0.858. The predicted octanol–water partition coefficient (Wildman–Crippen LogP) is 3.01. The van der Waals surface area contributed by atoms with E-state index in [2.05, 4.69) is 33.2 Å². The van der Waals surface area contributed by atoms with E-state index < -0.39 is 0 Å². The summed E-state index contributed by atoms with van der Waals surface area (Å²) in [6, 6.07) is 2.08. The van der Waals surface area contributed by atoms with Crippen LogP contribution >= 0.6 is 11.8 Å². The van der Waals surface area contributed by atoms with Crippen LogP contribution in [0.3, 0.4) is 0 Å². The first kappa shape index (κ1) is 13.5. The van der Waals surface area contributed by atoms with Crippen molar-refractivity contribution in [2.24, 2.45) is 0 Å². The molecule has 0 bridgehead atoms. The number of aromatic nitrogens is 2. The third-order valence-electron chi connectivity index (χ3n) is 3.11. The Morgan fingerprint density at radius 1 is 1.28 bits per heavy atom. The maximum atomic E-state index is 4.62. The van der Waals surface area contributed by atoms with Gasteiger partial charge < -0.3 is 10.2 Å². The van der Waals surface area contributed by atoms with Gasteiger partial charge in [-0.25, -0.2) is 9.97 Å². The third-order valence-corrected chi connectivity index (χ3v) is 3.66. The summed E-state index contributed by atoms with van der Waals surface area (Å²) in [6.07, 6.45) is 7.03. The number of hydrogen-bond acceptors (Lipinski definition) is 5. The van der Waals surface area contributed by atoms with Gasteiger partial charge in [-0.2, -0.15) is 0 Å². The van der Waals surface area contributed by atoms with Gasteiger partial charge in [0, 0.05) is 25.7 Å². The summed E-state index contributed by atoms with van der Waals surface area (Å²) in [5.41, 5.74) is 0. The number of thioether (sulfide) groups is 1. The monoisotopic (exact) mass is 266 g/mol. The maximum Gasteiger partial charge on any atom is 0.191 e. The molecule has 1 aromatic heterocycles. The van der Waals surface area contributed by atoms with Gasteiger partial charge in [-0.15, -0.1) is 0 Å². The molecule has 0 aromatic carbocycles. The van der Waals surface area contributed by atoms with Crippen LogP contribution in [0.15, 0.2) is 11.2 Å². The van der Waals surface area contributed by atoms with Crippen molar-refractivity contribution in [3.63, 3.8) is 0 Å². The van der Waals surface area contributed by atoms with Crippen LogP contribution in [0, 0.1) is 0 Å². The van der Waals surface area contributed by atoms with E-state index in [-0.39, 0.29) is 0 Å². The van der Waals surface area contributed by atoms with Gasteiger partial charge in [-0.05, 0) is 31.9 Å². The minimum absolute atomic E-state index is 0.858. The van der Waals surface area contributed by atoms with Crippen molar-refractivity contribution in [3.05, 3.63) is 6.07 Å². The Balaban J connectivity index is 2.16. The van der Waals surface area contributed by atoms with Gasteiger partial charge in [-0.1, -0.05) is 18.7 Å². The molecular weight excluding hydrogens is 244 g/mol. The molecule has 18 heavy (non-hydrogen) atoms. The summed E-state index contributed by atoms with van der Waals surface area (Å²) in [7, 11) is 0. The number of nitrogens with zero attached hydrogens (tertiary/aromatic N) is 3. The van der Waals surface area contributed by atoms with Crippen molar-refractivity contribution in [1.82, 2.24) is 9.97 Å². The third kappa shape index (κ3) is 3.51. The Kier molecular flexibility index (Phi) is 5.11. The van der Waals surface area contributed by atoms with Crippen molar-refractivity contribution >= 4 is 23.4 Å². The lowest BCUT2D eigenvalue weighted by atomic mass is 10.1. The molecule has 0 atom stereocenters. The SMILES string of the molecule is CCCNc1cc(N2CCCCC2)nc(SC)n1. The Hall–Kier alpha value is -0.970. The van der Waals surface area contributed by atoms with E-state index in [0.29, 0.717) is 0 Å². The lowest BCUT2D eigenvalue weighted by Crippen LogP contribution is -2.30. The molecule has 1 aliphatic rings. The Morgan fingerprint density at radius 2 is 2.06 bits per heavy atom. The van der Waals surface area contributed by atoms with Crippen LogP contribution in [0.25, 0.3) is 0 Å². The van der Waals surface area contributed by atoms with Gasteiger partial charge in [0.25, 0.3) is 0 Å². The van der Waals surface area contributed by atoms with Gasteiger partial charge in [-0.3, -0.25) is 0 Å². The Bertz CT molecular complexity index is 377. The highest BCUT2D eigenvalue weighted by Gasteiger charge is 2.14. The number of rotatable bonds is 5. The second kappa shape index (κ2) is 6.83. The largest absolute Gasteiger partial charge is 0.370 e. The fourth-order valence-corrected chi connectivity index (χ4v) is 2.51. The van der Waals surface area contributed by atoms with Crippen LogP contribution in [0.2, 0.25) is 0 Å². The molecule has 0 saturated carbocycles. The van der Waals surface area contributed by atoms with E-state index in [1.807, 2.05) is 6.26 Å². The van der Waals surface area contributed by atoms with Crippen LogP contribution in [0.1, 0.15) is 32.6 Å². The van der Waals surface area contributed by atoms with Crippen molar-refractivity contribution in [1.29, 1.82) is 0 Å². The van der Waals surface area contributed by atoms with Crippen molar-refractivity contribution < 1.29 is 0 Å². The van der Waals surface area contributed by atoms with Crippen LogP contribution < -0.4 is 10.2 Å². The fourth-order valence-electron chi connectivity index (χ4n) is 2.13. The highest BCUT2D eigenvalue weighted by Crippen LogP contribution is 2.23. The minimum Gasteiger partial charge on any atom is -0.370 e. The van der Waals surface area contributed by atoms with Crippen molar-refractivity contribution in [2.75, 3.05) is 36.1 Å². The second-order valence-corrected chi connectivity index (χ2v) is 5.35. The van der Waals surface area contributed by atoms with E-state index in [4.69, 9.17) is 0 Å². The first-order valence-electron chi connectivity index (χ1n) is 6.75. The number of nitrogens with one attached hydrogen (secondary N) is 1. The van der Waals surface area contributed by atoms with E-state index >= 15 is 0 Å². The molecule has 4 nitrogen and oxygen atoms in total. The summed E-state index contributed by atoms with van der Waals surface area (Å²) in [4.78, 5) is 11.5. The molecule has 0 aliphatic carbocycles. The molecule has 0 spiro atoms. The van der Waals surface area contributed by atoms with Gasteiger partial charge in [0.1, 0.15) is 11.6 Å². The van der Waals surface area contributed by atoms with E-state index in [9.17, 15) is 0 Å². The zero-order valence-corrected chi connectivity index (χ0v) is 12.1. The van der Waals surface area contributed by atoms with Gasteiger partial charge >= 0.3 is 0 Å². The number of piperidine rings is 1. The zero-order chi connectivity index (χ0) is 12.8. The number of anilines is 2. The molecule has 1 aliphatic heterocycles. The quantitative estimate of drug-likeness (QED) is 0.655. The molecule has 1 saturated heterocycles. The summed E-state index contributed by atoms with van der Waals surface area (Å²) < 4.78 is 0. The Morgan fingerprint density at radius 3 is 2.72 bits per heavy atom. The van der Waals surface area contributed by atoms with Crippen molar-refractivity contribution in [3.8, 4) is 0 Å². The summed E-state index contributed by atoms with van der Waals surface area (Å²) >= 11 is 1.61. The van der Waals surface area contributed by atoms with Crippen molar-refractivity contribution in [2.45, 2.75) is 37.8 Å². The molecular formula is C13H22N4S. The smallest absolute Gasteiger partial charge is 0.191 e. The molecule has 2 heterocycles. The van der Waals surface area contributed by atoms with Crippen LogP contribution in [-0.2, 0) is 0 Å². The van der Waals surface area contributed by atoms with E-state index in [1.165, 1.54) is 19.3 Å². The molecule has 1 aromatic rings. The first-order valence-corrected chi connectivity index (χ1v) is 7.98.